The van der Waals surface area contributed by atoms with Gasteiger partial charge in [0, 0.05) is 13.6 Å². The second kappa shape index (κ2) is 9.07. The normalized spacial score (nSPS) is 18.6. The van der Waals surface area contributed by atoms with Crippen molar-refractivity contribution in [2.45, 2.75) is 71.2 Å². The highest BCUT2D eigenvalue weighted by atomic mass is 19.1. The van der Waals surface area contributed by atoms with E-state index >= 15 is 0 Å². The van der Waals surface area contributed by atoms with Crippen LogP contribution in [0.25, 0.3) is 0 Å². The number of amides is 2. The number of halogens is 1. The zero-order valence-electron chi connectivity index (χ0n) is 19.6. The Hall–Kier alpha value is -3.27. The third-order valence-electron chi connectivity index (χ3n) is 4.66. The molecule has 32 heavy (non-hydrogen) atoms. The first kappa shape index (κ1) is 25.0. The molecule has 9 nitrogen and oxygen atoms in total. The molecule has 2 heterocycles. The Morgan fingerprint density at radius 3 is 2.31 bits per heavy atom. The fourth-order valence-electron chi connectivity index (χ4n) is 3.38. The van der Waals surface area contributed by atoms with Crippen molar-refractivity contribution in [1.29, 1.82) is 5.26 Å². The van der Waals surface area contributed by atoms with Gasteiger partial charge in [-0.2, -0.15) is 10.4 Å². The summed E-state index contributed by atoms with van der Waals surface area (Å²) in [6.45, 7) is 9.63. The third-order valence-corrected chi connectivity index (χ3v) is 4.66. The largest absolute Gasteiger partial charge is 0.444 e. The van der Waals surface area contributed by atoms with Crippen molar-refractivity contribution in [3.05, 3.63) is 11.3 Å². The van der Waals surface area contributed by atoms with Crippen LogP contribution in [-0.4, -0.2) is 64.4 Å². The topological polar surface area (TPSA) is 101 Å². The van der Waals surface area contributed by atoms with Gasteiger partial charge in [-0.25, -0.2) is 18.7 Å². The molecule has 0 radical (unpaired) electrons. The van der Waals surface area contributed by atoms with Crippen molar-refractivity contribution in [2.75, 3.05) is 25.2 Å². The van der Waals surface area contributed by atoms with Gasteiger partial charge in [-0.1, -0.05) is 0 Å². The van der Waals surface area contributed by atoms with Crippen molar-refractivity contribution in [2.24, 2.45) is 0 Å². The number of hydrogen-bond donors (Lipinski definition) is 0. The molecule has 0 aromatic carbocycles. The number of hydrogen-bond acceptors (Lipinski definition) is 6. The van der Waals surface area contributed by atoms with Gasteiger partial charge < -0.3 is 14.4 Å². The average molecular weight is 448 g/mol. The zero-order chi connectivity index (χ0) is 24.4. The lowest BCUT2D eigenvalue weighted by Crippen LogP contribution is -2.41. The van der Waals surface area contributed by atoms with E-state index in [-0.39, 0.29) is 30.0 Å². The van der Waals surface area contributed by atoms with Crippen molar-refractivity contribution in [3.63, 3.8) is 0 Å². The number of nitrogens with zero attached hydrogens (tertiary/aromatic N) is 5. The number of ether oxygens (including phenoxy) is 2. The van der Waals surface area contributed by atoms with E-state index in [0.29, 0.717) is 0 Å². The van der Waals surface area contributed by atoms with Gasteiger partial charge in [-0.05, 0) is 53.9 Å². The molecular weight excluding hydrogens is 417 g/mol. The van der Waals surface area contributed by atoms with Gasteiger partial charge in [0.1, 0.15) is 29.5 Å². The van der Waals surface area contributed by atoms with Crippen LogP contribution in [0.5, 0.6) is 0 Å². The Morgan fingerprint density at radius 2 is 1.84 bits per heavy atom. The van der Waals surface area contributed by atoms with E-state index in [2.05, 4.69) is 11.0 Å². The predicted molar refractivity (Wildman–Crippen MR) is 116 cm³/mol. The van der Waals surface area contributed by atoms with Crippen LogP contribution in [0.4, 0.5) is 19.8 Å². The maximum Gasteiger partial charge on any atom is 0.415 e. The highest BCUT2D eigenvalue weighted by Gasteiger charge is 2.41. The molecule has 10 heteroatoms. The summed E-state index contributed by atoms with van der Waals surface area (Å²) >= 11 is 0. The Balaban J connectivity index is 2.46. The smallest absolute Gasteiger partial charge is 0.415 e. The molecule has 2 amide bonds. The van der Waals surface area contributed by atoms with E-state index < -0.39 is 42.1 Å². The second-order valence-electron chi connectivity index (χ2n) is 9.62. The van der Waals surface area contributed by atoms with Crippen LogP contribution in [0.3, 0.4) is 0 Å². The third kappa shape index (κ3) is 5.50. The van der Waals surface area contributed by atoms with Crippen LogP contribution in [0.1, 0.15) is 65.3 Å². The molecule has 1 aromatic heterocycles. The van der Waals surface area contributed by atoms with Crippen LogP contribution in [0.2, 0.25) is 0 Å². The molecule has 0 bridgehead atoms. The second-order valence-corrected chi connectivity index (χ2v) is 9.62. The van der Waals surface area contributed by atoms with Gasteiger partial charge in [0.15, 0.2) is 11.5 Å². The summed E-state index contributed by atoms with van der Waals surface area (Å²) in [7, 11) is 1.44. The minimum atomic E-state index is -0.776. The van der Waals surface area contributed by atoms with Crippen LogP contribution in [-0.2, 0) is 9.47 Å². The Bertz CT molecular complexity index is 961. The monoisotopic (exact) mass is 447 g/mol. The molecule has 174 valence electrons. The Labute approximate surface area is 188 Å². The van der Waals surface area contributed by atoms with Gasteiger partial charge in [-0.15, -0.1) is 6.42 Å². The highest BCUT2D eigenvalue weighted by molar-refractivity contribution is 5.88. The Kier molecular flexibility index (Phi) is 7.09. The zero-order valence-corrected chi connectivity index (χ0v) is 19.6. The van der Waals surface area contributed by atoms with Gasteiger partial charge in [-0.3, -0.25) is 4.90 Å². The number of rotatable bonds is 3. The molecule has 0 saturated carbocycles. The Morgan fingerprint density at radius 1 is 1.25 bits per heavy atom. The minimum Gasteiger partial charge on any atom is -0.444 e. The van der Waals surface area contributed by atoms with Crippen LogP contribution in [0, 0.1) is 23.7 Å². The molecule has 2 atom stereocenters. The number of aromatic nitrogens is 2. The van der Waals surface area contributed by atoms with E-state index in [1.165, 1.54) is 16.6 Å². The molecule has 1 saturated heterocycles. The lowest BCUT2D eigenvalue weighted by atomic mass is 10.2. The molecule has 2 unspecified atom stereocenters. The van der Waals surface area contributed by atoms with E-state index in [9.17, 15) is 19.2 Å². The number of terminal acetylenes is 1. The van der Waals surface area contributed by atoms with E-state index in [4.69, 9.17) is 15.9 Å². The number of likely N-dealkylation sites (tertiary alicyclic amines) is 1. The molecule has 1 fully saturated rings. The van der Waals surface area contributed by atoms with Crippen molar-refractivity contribution in [3.8, 4) is 18.4 Å². The van der Waals surface area contributed by atoms with Crippen LogP contribution < -0.4 is 4.90 Å². The molecular formula is C22H30FN5O4. The van der Waals surface area contributed by atoms with Gasteiger partial charge >= 0.3 is 12.2 Å². The van der Waals surface area contributed by atoms with Crippen LogP contribution in [0.15, 0.2) is 0 Å². The first-order chi connectivity index (χ1) is 14.7. The summed E-state index contributed by atoms with van der Waals surface area (Å²) in [5, 5.41) is 14.0. The summed E-state index contributed by atoms with van der Waals surface area (Å²) in [5.74, 6) is 2.48. The number of carbonyl (C=O) groups excluding carboxylic acids is 2. The number of nitriles is 1. The van der Waals surface area contributed by atoms with Crippen molar-refractivity contribution < 1.29 is 23.5 Å². The fourth-order valence-corrected chi connectivity index (χ4v) is 3.38. The minimum absolute atomic E-state index is 0.0216. The van der Waals surface area contributed by atoms with Crippen molar-refractivity contribution in [1.82, 2.24) is 14.7 Å². The summed E-state index contributed by atoms with van der Waals surface area (Å²) in [6, 6.07) is 0.726. The summed E-state index contributed by atoms with van der Waals surface area (Å²) < 4.78 is 26.0. The lowest BCUT2D eigenvalue weighted by Gasteiger charge is -2.27. The van der Waals surface area contributed by atoms with Gasteiger partial charge in [0.25, 0.3) is 0 Å². The standard InChI is InChI=1S/C22H30FN5O4/c1-9-17-16(12-24)18(26(8)19(29)31-21(2,3)4)28(25-17)15-10-14(11-23)27(13-15)20(30)32-22(5,6)7/h1,14-15H,10-11,13H2,2-8H3. The number of alkyl halides is 1. The van der Waals surface area contributed by atoms with Gasteiger partial charge in [0.2, 0.25) is 0 Å². The molecule has 1 aliphatic rings. The van der Waals surface area contributed by atoms with Crippen molar-refractivity contribution >= 4 is 18.0 Å². The van der Waals surface area contributed by atoms with E-state index in [1.54, 1.807) is 41.5 Å². The summed E-state index contributed by atoms with van der Waals surface area (Å²) in [6.07, 6.45) is 4.39. The molecule has 0 spiro atoms. The maximum absolute atomic E-state index is 13.8. The van der Waals surface area contributed by atoms with E-state index in [1.807, 2.05) is 6.07 Å². The number of anilines is 1. The lowest BCUT2D eigenvalue weighted by molar-refractivity contribution is 0.0202. The molecule has 1 aromatic rings. The first-order valence-electron chi connectivity index (χ1n) is 10.2. The predicted octanol–water partition coefficient (Wildman–Crippen LogP) is 3.63. The molecule has 0 aliphatic carbocycles. The molecule has 0 N–H and O–H groups in total. The first-order valence-corrected chi connectivity index (χ1v) is 10.2. The maximum atomic E-state index is 13.8. The molecule has 1 aliphatic heterocycles. The SMILES string of the molecule is C#Cc1nn(C2CC(CF)N(C(=O)OC(C)(C)C)C2)c(N(C)C(=O)OC(C)(C)C)c1C#N. The fraction of sp³-hybridized carbons (Fsp3) is 0.636. The van der Waals surface area contributed by atoms with Gasteiger partial charge in [0.05, 0.1) is 12.1 Å². The highest BCUT2D eigenvalue weighted by Crippen LogP contribution is 2.35. The summed E-state index contributed by atoms with van der Waals surface area (Å²) in [4.78, 5) is 27.8. The average Bonchev–Trinajstić information content (AvgIpc) is 3.25. The quantitative estimate of drug-likeness (QED) is 0.656. The summed E-state index contributed by atoms with van der Waals surface area (Å²) in [5.41, 5.74) is -1.44. The van der Waals surface area contributed by atoms with Crippen LogP contribution >= 0.6 is 0 Å². The number of carbonyl (C=O) groups is 2. The van der Waals surface area contributed by atoms with E-state index in [0.717, 1.165) is 4.90 Å². The molecule has 2 rings (SSSR count).